The van der Waals surface area contributed by atoms with Crippen molar-refractivity contribution in [3.05, 3.63) is 111 Å². The molecule has 4 rings (SSSR count). The van der Waals surface area contributed by atoms with Crippen LogP contribution in [-0.2, 0) is 30.7 Å². The van der Waals surface area contributed by atoms with Crippen LogP contribution in [0.5, 0.6) is 0 Å². The molecule has 0 saturated carbocycles. The summed E-state index contributed by atoms with van der Waals surface area (Å²) in [7, 11) is 0. The molecule has 1 N–H and O–H groups in total. The van der Waals surface area contributed by atoms with E-state index in [4.69, 9.17) is 0 Å². The number of nitrogens with one attached hydrogen (secondary N) is 1. The lowest BCUT2D eigenvalue weighted by molar-refractivity contribution is -0.116. The van der Waals surface area contributed by atoms with Crippen molar-refractivity contribution in [2.24, 2.45) is 0 Å². The molecule has 0 bridgehead atoms. The Bertz CT molecular complexity index is 1350. The molecule has 32 heavy (non-hydrogen) atoms. The van der Waals surface area contributed by atoms with Gasteiger partial charge in [-0.3, -0.25) is 18.7 Å². The molecule has 0 spiro atoms. The largest absolute Gasteiger partial charge is 0.331 e. The van der Waals surface area contributed by atoms with Crippen molar-refractivity contribution < 1.29 is 4.79 Å². The van der Waals surface area contributed by atoms with Crippen molar-refractivity contribution in [1.82, 2.24) is 9.13 Å². The minimum absolute atomic E-state index is 0.180. The summed E-state index contributed by atoms with van der Waals surface area (Å²) in [6, 6.07) is 24.2. The van der Waals surface area contributed by atoms with E-state index in [0.29, 0.717) is 23.0 Å². The van der Waals surface area contributed by atoms with E-state index in [1.165, 1.54) is 14.7 Å². The van der Waals surface area contributed by atoms with E-state index < -0.39 is 5.69 Å². The average molecular weight is 428 g/mol. The summed E-state index contributed by atoms with van der Waals surface area (Å²) in [4.78, 5) is 39.0. The van der Waals surface area contributed by atoms with Gasteiger partial charge in [-0.05, 0) is 48.2 Å². The van der Waals surface area contributed by atoms with Gasteiger partial charge in [-0.2, -0.15) is 0 Å². The van der Waals surface area contributed by atoms with Crippen LogP contribution in [-0.4, -0.2) is 15.0 Å². The highest BCUT2D eigenvalue weighted by atomic mass is 16.2. The van der Waals surface area contributed by atoms with Crippen LogP contribution in [0.4, 0.5) is 5.69 Å². The first-order valence-electron chi connectivity index (χ1n) is 10.7. The van der Waals surface area contributed by atoms with Crippen molar-refractivity contribution in [3.63, 3.8) is 0 Å². The van der Waals surface area contributed by atoms with Gasteiger partial charge in [0, 0.05) is 12.2 Å². The maximum atomic E-state index is 13.2. The van der Waals surface area contributed by atoms with Gasteiger partial charge in [0.2, 0.25) is 5.91 Å². The summed E-state index contributed by atoms with van der Waals surface area (Å²) in [5.74, 6) is -0.324. The van der Waals surface area contributed by atoms with E-state index in [0.717, 1.165) is 12.0 Å². The summed E-state index contributed by atoms with van der Waals surface area (Å²) >= 11 is 0. The number of aromatic nitrogens is 2. The molecule has 6 nitrogen and oxygen atoms in total. The average Bonchev–Trinajstić information content (AvgIpc) is 2.83. The maximum Gasteiger partial charge on any atom is 0.331 e. The molecule has 1 aromatic heterocycles. The predicted octanol–water partition coefficient (Wildman–Crippen LogP) is 3.61. The summed E-state index contributed by atoms with van der Waals surface area (Å²) in [6.45, 7) is 2.13. The highest BCUT2D eigenvalue weighted by Gasteiger charge is 2.15. The molecule has 1 heterocycles. The number of aryl methyl sites for hydroxylation is 2. The van der Waals surface area contributed by atoms with E-state index >= 15 is 0 Å². The normalized spacial score (nSPS) is 10.9. The zero-order chi connectivity index (χ0) is 22.5. The lowest BCUT2D eigenvalue weighted by atomic mass is 10.1. The Kier molecular flexibility index (Phi) is 6.31. The quantitative estimate of drug-likeness (QED) is 0.490. The molecule has 0 atom stereocenters. The number of hydrogen-bond donors (Lipinski definition) is 1. The first-order chi connectivity index (χ1) is 15.6. The van der Waals surface area contributed by atoms with Crippen molar-refractivity contribution >= 4 is 22.5 Å². The number of para-hydroxylation sites is 1. The van der Waals surface area contributed by atoms with Crippen molar-refractivity contribution in [2.75, 3.05) is 5.32 Å². The predicted molar refractivity (Wildman–Crippen MR) is 127 cm³/mol. The molecule has 0 aliphatic carbocycles. The number of hydrogen-bond acceptors (Lipinski definition) is 3. The van der Waals surface area contributed by atoms with Crippen LogP contribution in [0, 0.1) is 0 Å². The Hall–Kier alpha value is -3.93. The third-order valence-corrected chi connectivity index (χ3v) is 5.55. The fraction of sp³-hybridized carbons (Fsp3) is 0.192. The van der Waals surface area contributed by atoms with Gasteiger partial charge in [0.15, 0.2) is 0 Å². The molecule has 4 aromatic rings. The summed E-state index contributed by atoms with van der Waals surface area (Å²) < 4.78 is 2.59. The van der Waals surface area contributed by atoms with Gasteiger partial charge in [0.25, 0.3) is 5.56 Å². The van der Waals surface area contributed by atoms with Gasteiger partial charge >= 0.3 is 5.69 Å². The van der Waals surface area contributed by atoms with Crippen LogP contribution in [0.2, 0.25) is 0 Å². The van der Waals surface area contributed by atoms with Gasteiger partial charge in [-0.15, -0.1) is 0 Å². The molecule has 0 aliphatic heterocycles. The van der Waals surface area contributed by atoms with Crippen LogP contribution in [0.15, 0.2) is 88.5 Å². The number of nitrogens with zero attached hydrogens (tertiary/aromatic N) is 2. The van der Waals surface area contributed by atoms with Crippen molar-refractivity contribution in [3.8, 4) is 0 Å². The fourth-order valence-electron chi connectivity index (χ4n) is 3.77. The molecule has 6 heteroatoms. The van der Waals surface area contributed by atoms with Crippen LogP contribution in [0.25, 0.3) is 10.9 Å². The molecule has 0 aliphatic rings. The Morgan fingerprint density at radius 2 is 1.50 bits per heavy atom. The number of amides is 1. The van der Waals surface area contributed by atoms with Crippen LogP contribution in [0.3, 0.4) is 0 Å². The topological polar surface area (TPSA) is 73.1 Å². The molecule has 0 saturated heterocycles. The molecule has 162 valence electrons. The highest BCUT2D eigenvalue weighted by molar-refractivity contribution is 5.91. The Balaban J connectivity index is 1.65. The SMILES string of the molecule is CCc1ccc(NC(=O)Cn2c(=O)n(CCc3ccccc3)c(=O)c3ccccc32)cc1. The zero-order valence-corrected chi connectivity index (χ0v) is 18.0. The van der Waals surface area contributed by atoms with Crippen molar-refractivity contribution in [1.29, 1.82) is 0 Å². The van der Waals surface area contributed by atoms with Gasteiger partial charge < -0.3 is 5.32 Å². The minimum atomic E-state index is -0.485. The van der Waals surface area contributed by atoms with Crippen LogP contribution < -0.4 is 16.6 Å². The zero-order valence-electron chi connectivity index (χ0n) is 18.0. The Labute approximate surface area is 185 Å². The van der Waals surface area contributed by atoms with Gasteiger partial charge in [0.1, 0.15) is 6.54 Å². The second-order valence-corrected chi connectivity index (χ2v) is 7.68. The molecule has 0 radical (unpaired) electrons. The lowest BCUT2D eigenvalue weighted by Gasteiger charge is -2.14. The fourth-order valence-corrected chi connectivity index (χ4v) is 3.77. The molecule has 0 unspecified atom stereocenters. The van der Waals surface area contributed by atoms with Gasteiger partial charge in [0.05, 0.1) is 10.9 Å². The number of anilines is 1. The monoisotopic (exact) mass is 427 g/mol. The number of rotatable bonds is 7. The number of fused-ring (bicyclic) bond motifs is 1. The van der Waals surface area contributed by atoms with Gasteiger partial charge in [-0.1, -0.05) is 61.5 Å². The Morgan fingerprint density at radius 1 is 0.812 bits per heavy atom. The number of benzene rings is 3. The number of carbonyl (C=O) groups is 1. The Morgan fingerprint density at radius 3 is 2.22 bits per heavy atom. The highest BCUT2D eigenvalue weighted by Crippen LogP contribution is 2.12. The maximum absolute atomic E-state index is 13.2. The van der Waals surface area contributed by atoms with E-state index in [-0.39, 0.29) is 24.6 Å². The second-order valence-electron chi connectivity index (χ2n) is 7.68. The minimum Gasteiger partial charge on any atom is -0.325 e. The van der Waals surface area contributed by atoms with Crippen LogP contribution in [0.1, 0.15) is 18.1 Å². The van der Waals surface area contributed by atoms with E-state index in [9.17, 15) is 14.4 Å². The molecular formula is C26H25N3O3. The summed E-state index contributed by atoms with van der Waals surface area (Å²) in [6.07, 6.45) is 1.46. The summed E-state index contributed by atoms with van der Waals surface area (Å²) in [5, 5.41) is 3.26. The first-order valence-corrected chi connectivity index (χ1v) is 10.7. The molecular weight excluding hydrogens is 402 g/mol. The smallest absolute Gasteiger partial charge is 0.325 e. The standard InChI is InChI=1S/C26H25N3O3/c1-2-19-12-14-21(15-13-19)27-24(30)18-29-23-11-7-6-10-22(23)25(31)28(26(29)32)17-16-20-8-4-3-5-9-20/h3-15H,2,16-18H2,1H3,(H,27,30). The third-order valence-electron chi connectivity index (χ3n) is 5.55. The van der Waals surface area contributed by atoms with E-state index in [2.05, 4.69) is 12.2 Å². The van der Waals surface area contributed by atoms with Gasteiger partial charge in [-0.25, -0.2) is 4.79 Å². The van der Waals surface area contributed by atoms with Crippen LogP contribution >= 0.6 is 0 Å². The van der Waals surface area contributed by atoms with E-state index in [1.807, 2.05) is 54.6 Å². The number of carbonyl (C=O) groups excluding carboxylic acids is 1. The molecule has 3 aromatic carbocycles. The van der Waals surface area contributed by atoms with E-state index in [1.54, 1.807) is 24.3 Å². The summed E-state index contributed by atoms with van der Waals surface area (Å²) in [5.41, 5.74) is 2.51. The first kappa shape index (κ1) is 21.3. The lowest BCUT2D eigenvalue weighted by Crippen LogP contribution is -2.42. The molecule has 0 fully saturated rings. The van der Waals surface area contributed by atoms with Crippen molar-refractivity contribution in [2.45, 2.75) is 32.9 Å². The second kappa shape index (κ2) is 9.47. The third kappa shape index (κ3) is 4.54. The molecule has 1 amide bonds.